The van der Waals surface area contributed by atoms with E-state index >= 15 is 0 Å². The Hall–Kier alpha value is -1.85. The summed E-state index contributed by atoms with van der Waals surface area (Å²) < 4.78 is 0. The predicted molar refractivity (Wildman–Crippen MR) is 67.6 cm³/mol. The highest BCUT2D eigenvalue weighted by molar-refractivity contribution is 5.79. The van der Waals surface area contributed by atoms with Gasteiger partial charge in [0.1, 0.15) is 17.5 Å². The van der Waals surface area contributed by atoms with E-state index in [2.05, 4.69) is 15.3 Å². The smallest absolute Gasteiger partial charge is 0.236 e. The van der Waals surface area contributed by atoms with Crippen LogP contribution in [0.1, 0.15) is 32.2 Å². The van der Waals surface area contributed by atoms with Gasteiger partial charge in [0, 0.05) is 11.0 Å². The summed E-state index contributed by atoms with van der Waals surface area (Å²) in [5.41, 5.74) is 11.4. The van der Waals surface area contributed by atoms with Crippen molar-refractivity contribution in [2.45, 2.75) is 33.1 Å². The van der Waals surface area contributed by atoms with Gasteiger partial charge < -0.3 is 16.8 Å². The number of nitrogens with two attached hydrogens (primary N) is 2. The number of carbonyl (C=O) groups is 1. The Morgan fingerprint density at radius 3 is 2.41 bits per heavy atom. The highest BCUT2D eigenvalue weighted by Gasteiger charge is 2.20. The summed E-state index contributed by atoms with van der Waals surface area (Å²) in [5, 5.41) is 2.86. The highest BCUT2D eigenvalue weighted by atomic mass is 16.1. The normalized spacial score (nSPS) is 11.3. The van der Waals surface area contributed by atoms with Gasteiger partial charge in [-0.2, -0.15) is 0 Å². The fourth-order valence-electron chi connectivity index (χ4n) is 1.21. The number of rotatable bonds is 3. The highest BCUT2D eigenvalue weighted by Crippen LogP contribution is 2.24. The van der Waals surface area contributed by atoms with Crippen molar-refractivity contribution >= 4 is 17.5 Å². The lowest BCUT2D eigenvalue weighted by atomic mass is 9.95. The Morgan fingerprint density at radius 1 is 1.35 bits per heavy atom. The van der Waals surface area contributed by atoms with Gasteiger partial charge in [-0.3, -0.25) is 4.79 Å². The zero-order valence-electron chi connectivity index (χ0n) is 10.7. The summed E-state index contributed by atoms with van der Waals surface area (Å²) in [5.74, 6) is 1.16. The number of hydrogen-bond donors (Lipinski definition) is 3. The molecule has 1 aromatic heterocycles. The first-order valence-corrected chi connectivity index (χ1v) is 5.38. The number of amides is 1. The molecule has 17 heavy (non-hydrogen) atoms. The third-order valence-electron chi connectivity index (χ3n) is 2.28. The van der Waals surface area contributed by atoms with Crippen LogP contribution in [-0.2, 0) is 10.2 Å². The van der Waals surface area contributed by atoms with E-state index in [-0.39, 0.29) is 12.0 Å². The molecule has 0 bridgehead atoms. The molecule has 0 spiro atoms. The Bertz CT molecular complexity index is 436. The molecule has 0 fully saturated rings. The molecule has 1 heterocycles. The molecule has 6 heteroatoms. The summed E-state index contributed by atoms with van der Waals surface area (Å²) in [6.45, 7) is 7.81. The Morgan fingerprint density at radius 2 is 1.94 bits per heavy atom. The van der Waals surface area contributed by atoms with Gasteiger partial charge in [-0.05, 0) is 6.92 Å². The number of aromatic nitrogens is 2. The van der Waals surface area contributed by atoms with Crippen molar-refractivity contribution in [1.29, 1.82) is 0 Å². The molecule has 1 rings (SSSR count). The number of primary amides is 1. The summed E-state index contributed by atoms with van der Waals surface area (Å²) >= 11 is 0. The van der Waals surface area contributed by atoms with Crippen molar-refractivity contribution in [3.63, 3.8) is 0 Å². The molecular weight excluding hydrogens is 218 g/mol. The number of nitrogens with one attached hydrogen (secondary N) is 1. The molecule has 0 aromatic carbocycles. The number of carbonyl (C=O) groups excluding carboxylic acids is 1. The second-order valence-corrected chi connectivity index (χ2v) is 4.98. The zero-order valence-corrected chi connectivity index (χ0v) is 10.7. The maximum absolute atomic E-state index is 10.7. The van der Waals surface area contributed by atoms with Crippen LogP contribution >= 0.6 is 0 Å². The quantitative estimate of drug-likeness (QED) is 0.712. The number of hydrogen-bond acceptors (Lipinski definition) is 5. The minimum absolute atomic E-state index is 0.0286. The molecule has 1 amide bonds. The average Bonchev–Trinajstić information content (AvgIpc) is 2.18. The third kappa shape index (κ3) is 3.30. The Kier molecular flexibility index (Phi) is 3.55. The molecule has 0 aliphatic heterocycles. The van der Waals surface area contributed by atoms with E-state index in [9.17, 15) is 4.79 Å². The van der Waals surface area contributed by atoms with E-state index in [4.69, 9.17) is 11.5 Å². The minimum Gasteiger partial charge on any atom is -0.383 e. The summed E-state index contributed by atoms with van der Waals surface area (Å²) in [6, 6.07) is 0. The maximum atomic E-state index is 10.7. The first-order valence-electron chi connectivity index (χ1n) is 5.38. The fraction of sp³-hybridized carbons (Fsp3) is 0.545. The third-order valence-corrected chi connectivity index (χ3v) is 2.28. The number of anilines is 2. The zero-order chi connectivity index (χ0) is 13.2. The first-order chi connectivity index (χ1) is 7.71. The molecule has 0 unspecified atom stereocenters. The summed E-state index contributed by atoms with van der Waals surface area (Å²) in [6.07, 6.45) is 0. The standard InChI is InChI=1S/C11H19N5O/c1-6-8(13)15-10(11(2,3)4)16-9(6)14-5-7(12)17/h5H2,1-4H3,(H2,12,17)(H3,13,14,15,16). The van der Waals surface area contributed by atoms with Gasteiger partial charge in [0.25, 0.3) is 0 Å². The van der Waals surface area contributed by atoms with E-state index in [0.717, 1.165) is 5.56 Å². The molecular formula is C11H19N5O. The van der Waals surface area contributed by atoms with Gasteiger partial charge in [-0.1, -0.05) is 20.8 Å². The number of nitrogens with zero attached hydrogens (tertiary/aromatic N) is 2. The molecule has 0 radical (unpaired) electrons. The van der Waals surface area contributed by atoms with Gasteiger partial charge >= 0.3 is 0 Å². The topological polar surface area (TPSA) is 107 Å². The maximum Gasteiger partial charge on any atom is 0.236 e. The van der Waals surface area contributed by atoms with Crippen LogP contribution in [0.4, 0.5) is 11.6 Å². The molecule has 0 aliphatic rings. The van der Waals surface area contributed by atoms with Crippen LogP contribution in [-0.4, -0.2) is 22.4 Å². The van der Waals surface area contributed by atoms with Crippen molar-refractivity contribution in [1.82, 2.24) is 9.97 Å². The lowest BCUT2D eigenvalue weighted by Gasteiger charge is -2.19. The van der Waals surface area contributed by atoms with Crippen molar-refractivity contribution in [3.05, 3.63) is 11.4 Å². The van der Waals surface area contributed by atoms with E-state index in [1.807, 2.05) is 20.8 Å². The fourth-order valence-corrected chi connectivity index (χ4v) is 1.21. The van der Waals surface area contributed by atoms with Gasteiger partial charge in [0.15, 0.2) is 0 Å². The van der Waals surface area contributed by atoms with Crippen LogP contribution < -0.4 is 16.8 Å². The average molecular weight is 237 g/mol. The second kappa shape index (κ2) is 4.57. The van der Waals surface area contributed by atoms with Crippen LogP contribution in [0, 0.1) is 6.92 Å². The van der Waals surface area contributed by atoms with Crippen LogP contribution in [0.3, 0.4) is 0 Å². The van der Waals surface area contributed by atoms with E-state index < -0.39 is 5.91 Å². The van der Waals surface area contributed by atoms with Crippen LogP contribution in [0.2, 0.25) is 0 Å². The van der Waals surface area contributed by atoms with Crippen LogP contribution in [0.25, 0.3) is 0 Å². The van der Waals surface area contributed by atoms with Gasteiger partial charge in [-0.15, -0.1) is 0 Å². The Labute approximate surface area is 101 Å². The SMILES string of the molecule is Cc1c(N)nc(C(C)(C)C)nc1NCC(N)=O. The molecule has 0 saturated carbocycles. The van der Waals surface area contributed by atoms with E-state index in [1.54, 1.807) is 6.92 Å². The van der Waals surface area contributed by atoms with Crippen molar-refractivity contribution in [2.24, 2.45) is 5.73 Å². The molecule has 0 saturated heterocycles. The second-order valence-electron chi connectivity index (χ2n) is 4.98. The predicted octanol–water partition coefficient (Wildman–Crippen LogP) is 0.562. The van der Waals surface area contributed by atoms with Crippen molar-refractivity contribution in [3.8, 4) is 0 Å². The molecule has 0 aliphatic carbocycles. The van der Waals surface area contributed by atoms with Crippen LogP contribution in [0.5, 0.6) is 0 Å². The molecule has 94 valence electrons. The lowest BCUT2D eigenvalue weighted by molar-refractivity contribution is -0.116. The van der Waals surface area contributed by atoms with E-state index in [1.165, 1.54) is 0 Å². The summed E-state index contributed by atoms with van der Waals surface area (Å²) in [4.78, 5) is 19.3. The van der Waals surface area contributed by atoms with Crippen molar-refractivity contribution in [2.75, 3.05) is 17.6 Å². The van der Waals surface area contributed by atoms with E-state index in [0.29, 0.717) is 17.5 Å². The van der Waals surface area contributed by atoms with Crippen molar-refractivity contribution < 1.29 is 4.79 Å². The molecule has 5 N–H and O–H groups in total. The molecule has 1 aromatic rings. The minimum atomic E-state index is -0.445. The Balaban J connectivity index is 3.11. The monoisotopic (exact) mass is 237 g/mol. The molecule has 0 atom stereocenters. The summed E-state index contributed by atoms with van der Waals surface area (Å²) in [7, 11) is 0. The number of nitrogen functional groups attached to an aromatic ring is 1. The van der Waals surface area contributed by atoms with Gasteiger partial charge in [0.2, 0.25) is 5.91 Å². The van der Waals surface area contributed by atoms with Crippen LogP contribution in [0.15, 0.2) is 0 Å². The van der Waals surface area contributed by atoms with Gasteiger partial charge in [0.05, 0.1) is 6.54 Å². The molecule has 6 nitrogen and oxygen atoms in total. The lowest BCUT2D eigenvalue weighted by Crippen LogP contribution is -2.24. The largest absolute Gasteiger partial charge is 0.383 e. The van der Waals surface area contributed by atoms with Gasteiger partial charge in [-0.25, -0.2) is 9.97 Å². The first kappa shape index (κ1) is 13.2.